The molecule has 0 spiro atoms. The minimum absolute atomic E-state index is 0.159. The van der Waals surface area contributed by atoms with E-state index in [1.54, 1.807) is 7.05 Å². The maximum atomic E-state index is 11.9. The van der Waals surface area contributed by atoms with E-state index in [0.717, 1.165) is 12.8 Å². The quantitative estimate of drug-likeness (QED) is 0.782. The number of hydrogen-bond acceptors (Lipinski definition) is 4. The standard InChI is InChI=1S/C11H22N2O3S/c1-4-8(12)11(14)13(2)9-6-5-7-10(9)17(3,15)16/h8-10H,4-7,12H2,1-3H3/t8-,9+,10+/m0/s1. The second-order valence-corrected chi connectivity index (χ2v) is 7.09. The number of rotatable bonds is 4. The molecule has 1 saturated carbocycles. The first-order valence-corrected chi connectivity index (χ1v) is 7.95. The molecule has 0 saturated heterocycles. The summed E-state index contributed by atoms with van der Waals surface area (Å²) in [7, 11) is -1.44. The first-order valence-electron chi connectivity index (χ1n) is 6.00. The molecule has 0 aromatic heterocycles. The van der Waals surface area contributed by atoms with Crippen molar-refractivity contribution in [1.82, 2.24) is 4.90 Å². The lowest BCUT2D eigenvalue weighted by Gasteiger charge is -2.30. The first-order chi connectivity index (χ1) is 7.79. The van der Waals surface area contributed by atoms with Crippen LogP contribution in [0, 0.1) is 0 Å². The average Bonchev–Trinajstić information content (AvgIpc) is 2.74. The molecule has 5 nitrogen and oxygen atoms in total. The summed E-state index contributed by atoms with van der Waals surface area (Å²) in [4.78, 5) is 13.5. The summed E-state index contributed by atoms with van der Waals surface area (Å²) in [6.07, 6.45) is 4.05. The van der Waals surface area contributed by atoms with E-state index in [9.17, 15) is 13.2 Å². The number of likely N-dealkylation sites (N-methyl/N-ethyl adjacent to an activating group) is 1. The van der Waals surface area contributed by atoms with Crippen molar-refractivity contribution in [2.24, 2.45) is 5.73 Å². The molecule has 1 amide bonds. The first kappa shape index (κ1) is 14.4. The van der Waals surface area contributed by atoms with Crippen molar-refractivity contribution < 1.29 is 13.2 Å². The van der Waals surface area contributed by atoms with Gasteiger partial charge in [-0.2, -0.15) is 0 Å². The Bertz CT molecular complexity index is 380. The fourth-order valence-corrected chi connectivity index (χ4v) is 3.93. The van der Waals surface area contributed by atoms with Crippen LogP contribution in [0.2, 0.25) is 0 Å². The third-order valence-electron chi connectivity index (χ3n) is 3.57. The third-order valence-corrected chi connectivity index (χ3v) is 5.22. The van der Waals surface area contributed by atoms with Gasteiger partial charge in [0.2, 0.25) is 5.91 Å². The summed E-state index contributed by atoms with van der Waals surface area (Å²) in [6.45, 7) is 1.85. The zero-order valence-electron chi connectivity index (χ0n) is 10.7. The van der Waals surface area contributed by atoms with Gasteiger partial charge in [0.1, 0.15) is 0 Å². The molecule has 1 fully saturated rings. The fourth-order valence-electron chi connectivity index (χ4n) is 2.45. The van der Waals surface area contributed by atoms with Crippen molar-refractivity contribution in [2.75, 3.05) is 13.3 Å². The SMILES string of the molecule is CC[C@H](N)C(=O)N(C)[C@@H]1CCC[C@H]1S(C)(=O)=O. The largest absolute Gasteiger partial charge is 0.340 e. The highest BCUT2D eigenvalue weighted by molar-refractivity contribution is 7.91. The van der Waals surface area contributed by atoms with Crippen LogP contribution in [0.15, 0.2) is 0 Å². The van der Waals surface area contributed by atoms with Gasteiger partial charge in [0.05, 0.1) is 11.3 Å². The van der Waals surface area contributed by atoms with Crippen molar-refractivity contribution in [3.8, 4) is 0 Å². The number of nitrogens with zero attached hydrogens (tertiary/aromatic N) is 1. The molecule has 0 bridgehead atoms. The minimum Gasteiger partial charge on any atom is -0.340 e. The number of carbonyl (C=O) groups excluding carboxylic acids is 1. The van der Waals surface area contributed by atoms with E-state index < -0.39 is 21.1 Å². The molecule has 1 rings (SSSR count). The van der Waals surface area contributed by atoms with Crippen LogP contribution >= 0.6 is 0 Å². The van der Waals surface area contributed by atoms with Gasteiger partial charge in [-0.3, -0.25) is 4.79 Å². The maximum absolute atomic E-state index is 11.9. The summed E-state index contributed by atoms with van der Waals surface area (Å²) >= 11 is 0. The Hall–Kier alpha value is -0.620. The zero-order chi connectivity index (χ0) is 13.2. The molecule has 1 aliphatic rings. The van der Waals surface area contributed by atoms with Gasteiger partial charge in [-0.15, -0.1) is 0 Å². The number of amides is 1. The highest BCUT2D eigenvalue weighted by Crippen LogP contribution is 2.28. The van der Waals surface area contributed by atoms with Crippen molar-refractivity contribution in [2.45, 2.75) is 49.9 Å². The van der Waals surface area contributed by atoms with E-state index in [-0.39, 0.29) is 11.9 Å². The monoisotopic (exact) mass is 262 g/mol. The van der Waals surface area contributed by atoms with Crippen molar-refractivity contribution in [1.29, 1.82) is 0 Å². The topological polar surface area (TPSA) is 80.5 Å². The Morgan fingerprint density at radius 3 is 2.53 bits per heavy atom. The number of hydrogen-bond donors (Lipinski definition) is 1. The molecule has 2 N–H and O–H groups in total. The van der Waals surface area contributed by atoms with E-state index in [1.807, 2.05) is 6.92 Å². The molecular formula is C11H22N2O3S. The molecule has 0 radical (unpaired) electrons. The number of sulfone groups is 1. The molecule has 3 atom stereocenters. The Balaban J connectivity index is 2.82. The Labute approximate surface area is 103 Å². The predicted molar refractivity (Wildman–Crippen MR) is 67.3 cm³/mol. The smallest absolute Gasteiger partial charge is 0.239 e. The van der Waals surface area contributed by atoms with Crippen LogP contribution in [0.4, 0.5) is 0 Å². The van der Waals surface area contributed by atoms with Crippen molar-refractivity contribution in [3.05, 3.63) is 0 Å². The van der Waals surface area contributed by atoms with Gasteiger partial charge >= 0.3 is 0 Å². The van der Waals surface area contributed by atoms with E-state index in [1.165, 1.54) is 11.2 Å². The molecule has 0 aliphatic heterocycles. The number of nitrogens with two attached hydrogens (primary N) is 1. The van der Waals surface area contributed by atoms with Crippen LogP contribution in [0.5, 0.6) is 0 Å². The van der Waals surface area contributed by atoms with E-state index in [0.29, 0.717) is 12.8 Å². The molecule has 0 aromatic rings. The van der Waals surface area contributed by atoms with Crippen LogP contribution in [0.1, 0.15) is 32.6 Å². The molecule has 0 heterocycles. The van der Waals surface area contributed by atoms with Gasteiger partial charge < -0.3 is 10.6 Å². The van der Waals surface area contributed by atoms with Gasteiger partial charge in [0.15, 0.2) is 9.84 Å². The van der Waals surface area contributed by atoms with Gasteiger partial charge in [-0.25, -0.2) is 8.42 Å². The fraction of sp³-hybridized carbons (Fsp3) is 0.909. The lowest BCUT2D eigenvalue weighted by atomic mass is 10.1. The van der Waals surface area contributed by atoms with Crippen LogP contribution in [0.3, 0.4) is 0 Å². The summed E-state index contributed by atoms with van der Waals surface area (Å²) in [5.41, 5.74) is 5.70. The minimum atomic E-state index is -3.10. The highest BCUT2D eigenvalue weighted by atomic mass is 32.2. The second-order valence-electron chi connectivity index (χ2n) is 4.83. The van der Waals surface area contributed by atoms with Crippen LogP contribution in [-0.4, -0.2) is 49.9 Å². The third kappa shape index (κ3) is 3.19. The van der Waals surface area contributed by atoms with E-state index >= 15 is 0 Å². The number of carbonyl (C=O) groups is 1. The lowest BCUT2D eigenvalue weighted by Crippen LogP contribution is -2.50. The second kappa shape index (κ2) is 5.35. The van der Waals surface area contributed by atoms with Crippen LogP contribution in [0.25, 0.3) is 0 Å². The summed E-state index contributed by atoms with van der Waals surface area (Å²) in [5, 5.41) is -0.430. The van der Waals surface area contributed by atoms with E-state index in [4.69, 9.17) is 5.73 Å². The van der Waals surface area contributed by atoms with Gasteiger partial charge in [-0.05, 0) is 25.7 Å². The van der Waals surface area contributed by atoms with Crippen molar-refractivity contribution in [3.63, 3.8) is 0 Å². The Kier molecular flexibility index (Phi) is 4.55. The van der Waals surface area contributed by atoms with E-state index in [2.05, 4.69) is 0 Å². The van der Waals surface area contributed by atoms with Crippen molar-refractivity contribution >= 4 is 15.7 Å². The summed E-state index contributed by atoms with van der Waals surface area (Å²) in [5.74, 6) is -0.159. The molecular weight excluding hydrogens is 240 g/mol. The Morgan fingerprint density at radius 1 is 1.47 bits per heavy atom. The predicted octanol–water partition coefficient (Wildman–Crippen LogP) is 0.148. The molecule has 17 heavy (non-hydrogen) atoms. The molecule has 0 unspecified atom stereocenters. The normalized spacial score (nSPS) is 26.8. The van der Waals surface area contributed by atoms with Gasteiger partial charge in [0, 0.05) is 19.3 Å². The van der Waals surface area contributed by atoms with Gasteiger partial charge in [0.25, 0.3) is 0 Å². The zero-order valence-corrected chi connectivity index (χ0v) is 11.5. The lowest BCUT2D eigenvalue weighted by molar-refractivity contribution is -0.133. The van der Waals surface area contributed by atoms with Crippen LogP contribution < -0.4 is 5.73 Å². The summed E-state index contributed by atoms with van der Waals surface area (Å²) < 4.78 is 23.3. The molecule has 0 aromatic carbocycles. The van der Waals surface area contributed by atoms with Crippen LogP contribution in [-0.2, 0) is 14.6 Å². The summed E-state index contributed by atoms with van der Waals surface area (Å²) in [6, 6.07) is -0.740. The molecule has 6 heteroatoms. The van der Waals surface area contributed by atoms with Gasteiger partial charge in [-0.1, -0.05) is 6.92 Å². The maximum Gasteiger partial charge on any atom is 0.239 e. The molecule has 1 aliphatic carbocycles. The highest BCUT2D eigenvalue weighted by Gasteiger charge is 2.39. The average molecular weight is 262 g/mol. The Morgan fingerprint density at radius 2 is 2.06 bits per heavy atom. The molecule has 100 valence electrons.